The first-order valence-corrected chi connectivity index (χ1v) is 33.3. The first-order valence-electron chi connectivity index (χ1n) is 30.0. The molecule has 6 aromatic rings. The van der Waals surface area contributed by atoms with Crippen LogP contribution >= 0.6 is 73.1 Å². The van der Waals surface area contributed by atoms with Gasteiger partial charge in [0, 0.05) is 83.8 Å². The molecule has 9 rings (SSSR count). The maximum absolute atomic E-state index is 12.4. The van der Waals surface area contributed by atoms with Crippen molar-refractivity contribution in [1.29, 1.82) is 1.34 Å². The number of carbonyl (C=O) groups is 9. The Kier molecular flexibility index (Phi) is 43.7. The third-order valence-corrected chi connectivity index (χ3v) is 16.2. The van der Waals surface area contributed by atoms with E-state index in [1.807, 2.05) is 37.4 Å². The topological polar surface area (TPSA) is 276 Å². The number of fused-ring (bicyclic) bond motifs is 1. The fraction of sp³-hybridized carbons (Fsp3) is 0.279. The molecule has 9 amide bonds. The van der Waals surface area contributed by atoms with Crippen molar-refractivity contribution < 1.29 is 87.4 Å². The Bertz CT molecular complexity index is 3710. The number of nitrogens with zero attached hydrogens (tertiary/aromatic N) is 2. The van der Waals surface area contributed by atoms with E-state index in [1.54, 1.807) is 140 Å². The Labute approximate surface area is 627 Å². The summed E-state index contributed by atoms with van der Waals surface area (Å²) in [7, 11) is -2.84. The van der Waals surface area contributed by atoms with Gasteiger partial charge in [0.1, 0.15) is 11.0 Å². The third-order valence-electron chi connectivity index (χ3n) is 13.0. The molecule has 20 nitrogen and oxygen atoms in total. The number of nitrogens with one attached hydrogen (secondary N) is 6. The van der Waals surface area contributed by atoms with Crippen molar-refractivity contribution >= 4 is 164 Å². The van der Waals surface area contributed by atoms with Gasteiger partial charge in [-0.2, -0.15) is 4.31 Å². The number of benzene rings is 6. The van der Waals surface area contributed by atoms with E-state index in [9.17, 15) is 51.6 Å². The molecule has 0 saturated heterocycles. The summed E-state index contributed by atoms with van der Waals surface area (Å²) in [5.74, 6) is -3.76. The van der Waals surface area contributed by atoms with Crippen LogP contribution in [0.25, 0.3) is 0 Å². The van der Waals surface area contributed by atoms with E-state index in [2.05, 4.69) is 39.2 Å². The van der Waals surface area contributed by atoms with E-state index in [-0.39, 0.29) is 84.6 Å². The molecule has 2 fully saturated rings. The molecule has 1 radical (unpaired) electrons. The number of imide groups is 2. The van der Waals surface area contributed by atoms with Crippen LogP contribution < -0.4 is 31.9 Å². The maximum Gasteiger partial charge on any atom is 0.282 e. The number of ether oxygens (including phenoxy) is 1. The molecule has 29 heteroatoms. The number of sulfonamides is 1. The third kappa shape index (κ3) is 31.4. The van der Waals surface area contributed by atoms with Gasteiger partial charge in [-0.3, -0.25) is 69.7 Å². The van der Waals surface area contributed by atoms with Gasteiger partial charge >= 0.3 is 0 Å². The summed E-state index contributed by atoms with van der Waals surface area (Å²) in [6, 6.07) is 46.9. The Morgan fingerprint density at radius 1 is 0.557 bits per heavy atom. The van der Waals surface area contributed by atoms with Gasteiger partial charge in [0.15, 0.2) is 15.3 Å². The Hall–Kier alpha value is -7.38. The molecule has 2 saturated carbocycles. The summed E-state index contributed by atoms with van der Waals surface area (Å²) in [6.45, 7) is 8.06. The van der Waals surface area contributed by atoms with Gasteiger partial charge in [-0.1, -0.05) is 170 Å². The number of carbonyl (C=O) groups excluding carboxylic acids is 9. The van der Waals surface area contributed by atoms with E-state index in [0.717, 1.165) is 30.6 Å². The fourth-order valence-electron chi connectivity index (χ4n) is 8.64. The molecule has 1 heterocycles. The molecule has 0 bridgehead atoms. The van der Waals surface area contributed by atoms with Crippen molar-refractivity contribution in [2.75, 3.05) is 0 Å². The zero-order valence-electron chi connectivity index (χ0n) is 53.6. The van der Waals surface area contributed by atoms with Crippen LogP contribution in [-0.4, -0.2) is 112 Å². The van der Waals surface area contributed by atoms with Crippen LogP contribution in [0.2, 0.25) is 11.8 Å². The number of halogens is 1. The quantitative estimate of drug-likeness (QED) is 0.0444. The summed E-state index contributed by atoms with van der Waals surface area (Å²) in [5.41, 5.74) is 2.32. The Morgan fingerprint density at radius 3 is 1.33 bits per heavy atom. The number of amides is 9. The first kappa shape index (κ1) is 87.6. The van der Waals surface area contributed by atoms with E-state index in [0.29, 0.717) is 48.3 Å². The number of thiol groups is 1. The minimum Gasteiger partial charge on any atom is -0.467 e. The van der Waals surface area contributed by atoms with Crippen molar-refractivity contribution in [2.45, 2.75) is 131 Å². The SMILES string of the molecule is C.C.CC.CC(=O)N(C(C)=O)C(=S)NC(=O)c1ccccc1.O=C(NC(=S)N1C(=O)c2ccccc2S1(=O)=O)c1ccccc1.O=C(NC(=S)NC1CCCCC1)c1ccc(Cl)cc1.O=C(NC(=S)OC1CCCCC1)c1ccccc1.O=C(S)NC(=O)c1ccccc1.[3H][B]C.[U]. The predicted octanol–water partition coefficient (Wildman–Crippen LogP) is 12.7. The van der Waals surface area contributed by atoms with E-state index >= 15 is 0 Å². The predicted molar refractivity (Wildman–Crippen MR) is 398 cm³/mol. The second kappa shape index (κ2) is 48.4. The molecule has 0 atom stereocenters. The molecule has 0 spiro atoms. The van der Waals surface area contributed by atoms with Crippen LogP contribution in [0.4, 0.5) is 4.79 Å². The monoisotopic (exact) mass is 1680 g/mol. The molecular weight excluding hydrogens is 1600 g/mol. The molecule has 515 valence electrons. The normalized spacial score (nSPS) is 12.8. The van der Waals surface area contributed by atoms with Gasteiger partial charge in [0.25, 0.3) is 55.9 Å². The zero-order chi connectivity index (χ0) is 70.5. The molecule has 6 aromatic carbocycles. The van der Waals surface area contributed by atoms with E-state index in [4.69, 9.17) is 66.5 Å². The Balaban J connectivity index is 0.00000118. The van der Waals surface area contributed by atoms with Gasteiger partial charge in [-0.05, 0) is 174 Å². The largest absolute Gasteiger partial charge is 0.467 e. The number of hydrogen-bond donors (Lipinski definition) is 7. The van der Waals surface area contributed by atoms with Gasteiger partial charge in [0.2, 0.25) is 11.8 Å². The number of hydrogen-bond acceptors (Lipinski definition) is 16. The molecule has 1 aliphatic heterocycles. The molecule has 6 N–H and O–H groups in total. The molecule has 0 aromatic heterocycles. The molecule has 97 heavy (non-hydrogen) atoms. The number of rotatable bonds is 7. The van der Waals surface area contributed by atoms with Crippen molar-refractivity contribution in [3.8, 4) is 0 Å². The summed E-state index contributed by atoms with van der Waals surface area (Å²) < 4.78 is 36.9. The van der Waals surface area contributed by atoms with Crippen LogP contribution in [0, 0.1) is 31.1 Å². The van der Waals surface area contributed by atoms with Crippen molar-refractivity contribution in [1.82, 2.24) is 41.1 Å². The van der Waals surface area contributed by atoms with Gasteiger partial charge in [-0.25, -0.2) is 13.3 Å². The average Bonchev–Trinajstić information content (AvgIpc) is 1.59. The molecule has 2 aliphatic carbocycles. The zero-order valence-corrected chi connectivity index (χ0v) is 62.5. The smallest absolute Gasteiger partial charge is 0.282 e. The van der Waals surface area contributed by atoms with Gasteiger partial charge in [0.05, 0.1) is 13.4 Å². The van der Waals surface area contributed by atoms with Gasteiger partial charge in [-0.15, -0.1) is 0 Å². The molecular formula is C68H81BClN8O12S6U. The first-order chi connectivity index (χ1) is 45.4. The number of thiocarbonyl (C=S) groups is 4. The van der Waals surface area contributed by atoms with Crippen molar-refractivity contribution in [3.05, 3.63) is 208 Å². The van der Waals surface area contributed by atoms with E-state index in [1.165, 1.54) is 78.4 Å². The fourth-order valence-corrected chi connectivity index (χ4v) is 11.6. The maximum atomic E-state index is 12.4. The molecule has 3 aliphatic rings. The van der Waals surface area contributed by atoms with Crippen molar-refractivity contribution in [2.24, 2.45) is 0 Å². The standard InChI is InChI=1S/C15H10N2O4S2.C14H17ClN2OS.C14H17NO2S.C12H12N2O3S.C8H7NO2S.C2H6.CH4B.2CH4.U/c18-13(10-6-2-1-3-7-10)16-15(22)17-14(19)11-8-4-5-9-12(11)23(17,20)21;15-11-8-6-10(7-9-11)13(18)17-14(19)16-12-4-2-1-3-5-12;16-13(11-7-3-1-4-8-11)15-14(18)17-12-9-5-2-6-10-12;1-8(15)14(9(2)16)12(18)13-11(17)10-6-4-3-5-7-10;10-7(9-8(11)12)6-4-2-1-3-5-6;2*1-2;;;/h1-9H,(H,16,18,22);6-9,12H,1-5H2,(H2,16,17,18,19);1,3-4,7-8,12H,2,5-6,9-10H2,(H,15,16,18);3-7H,1-2H3,(H,13,17,18);1-5H,(H2,9,10,11,12);1-2H3;2H,1H3;2*1H4;/i;;;;;;2T;;;. The minimum atomic E-state index is -4.09. The Morgan fingerprint density at radius 2 is 0.918 bits per heavy atom. The van der Waals surface area contributed by atoms with Crippen LogP contribution in [0.5, 0.6) is 0 Å². The van der Waals surface area contributed by atoms with Crippen LogP contribution in [0.15, 0.2) is 175 Å². The van der Waals surface area contributed by atoms with E-state index < -0.39 is 55.8 Å². The summed E-state index contributed by atoms with van der Waals surface area (Å²) in [4.78, 5) is 104. The van der Waals surface area contributed by atoms with Crippen LogP contribution in [0.1, 0.15) is 169 Å². The van der Waals surface area contributed by atoms with Crippen molar-refractivity contribution in [3.63, 3.8) is 0 Å². The minimum absolute atomic E-state index is 0. The van der Waals surface area contributed by atoms with Crippen LogP contribution in [-0.2, 0) is 24.3 Å². The summed E-state index contributed by atoms with van der Waals surface area (Å²) in [5, 5.41) is 15.0. The second-order valence-corrected chi connectivity index (χ2v) is 23.7. The average molecular weight is 1680 g/mol. The van der Waals surface area contributed by atoms with Crippen LogP contribution in [0.3, 0.4) is 0 Å². The van der Waals surface area contributed by atoms with Gasteiger partial charge < -0.3 is 10.1 Å². The molecule has 0 unspecified atom stereocenters. The summed E-state index contributed by atoms with van der Waals surface area (Å²) >= 11 is 29.2. The summed E-state index contributed by atoms with van der Waals surface area (Å²) in [6.07, 6.45) is 11.8. The second-order valence-electron chi connectivity index (χ2n) is 19.6.